The average Bonchev–Trinajstić information content (AvgIpc) is 2.68. The highest BCUT2D eigenvalue weighted by Gasteiger charge is 2.17. The predicted octanol–water partition coefficient (Wildman–Crippen LogP) is 3.51. The van der Waals surface area contributed by atoms with Crippen LogP contribution in [0.1, 0.15) is 17.3 Å². The topological polar surface area (TPSA) is 39.4 Å². The van der Waals surface area contributed by atoms with Gasteiger partial charge in [0.15, 0.2) is 5.58 Å². The normalized spacial score (nSPS) is 10.7. The van der Waals surface area contributed by atoms with E-state index in [9.17, 15) is 9.18 Å². The summed E-state index contributed by atoms with van der Waals surface area (Å²) in [5.41, 5.74) is 0.612. The molecule has 0 N–H and O–H groups in total. The lowest BCUT2D eigenvalue weighted by atomic mass is 10.2. The number of esters is 1. The smallest absolute Gasteiger partial charge is 0.342 e. The Bertz CT molecular complexity index is 547. The number of hydrogen-bond donors (Lipinski definition) is 0. The zero-order valence-electron chi connectivity index (χ0n) is 8.42. The molecule has 0 fully saturated rings. The van der Waals surface area contributed by atoms with Gasteiger partial charge >= 0.3 is 5.97 Å². The second-order valence-electron chi connectivity index (χ2n) is 3.11. The molecule has 0 saturated heterocycles. The van der Waals surface area contributed by atoms with Crippen molar-refractivity contribution in [2.45, 2.75) is 6.92 Å². The lowest BCUT2D eigenvalue weighted by Crippen LogP contribution is -2.03. The number of carbonyl (C=O) groups excluding carboxylic acids is 1. The molecule has 0 radical (unpaired) electrons. The van der Waals surface area contributed by atoms with Crippen LogP contribution in [-0.2, 0) is 4.74 Å². The maximum Gasteiger partial charge on any atom is 0.342 e. The Labute approximate surface area is 99.3 Å². The first-order valence-corrected chi connectivity index (χ1v) is 5.46. The molecule has 2 aromatic rings. The lowest BCUT2D eigenvalue weighted by Gasteiger charge is -1.99. The molecule has 5 heteroatoms. The summed E-state index contributed by atoms with van der Waals surface area (Å²) in [6.45, 7) is 2.00. The fourth-order valence-corrected chi connectivity index (χ4v) is 1.85. The standard InChI is InChI=1S/C11H8BrFO3/c1-2-15-11(14)7-5-16-10-6(7)3-4-8(13)9(10)12/h3-5H,2H2,1H3. The number of halogens is 2. The van der Waals surface area contributed by atoms with Crippen molar-refractivity contribution in [2.24, 2.45) is 0 Å². The molecular weight excluding hydrogens is 279 g/mol. The molecule has 0 saturated carbocycles. The minimum Gasteiger partial charge on any atom is -0.462 e. The summed E-state index contributed by atoms with van der Waals surface area (Å²) < 4.78 is 23.4. The van der Waals surface area contributed by atoms with Gasteiger partial charge < -0.3 is 9.15 Å². The lowest BCUT2D eigenvalue weighted by molar-refractivity contribution is 0.0527. The Kier molecular flexibility index (Phi) is 2.96. The molecule has 0 aliphatic heterocycles. The Hall–Kier alpha value is -1.36. The highest BCUT2D eigenvalue weighted by Crippen LogP contribution is 2.30. The minimum atomic E-state index is -0.472. The van der Waals surface area contributed by atoms with E-state index in [2.05, 4.69) is 15.9 Å². The Balaban J connectivity index is 2.58. The van der Waals surface area contributed by atoms with Gasteiger partial charge in [0.2, 0.25) is 0 Å². The second kappa shape index (κ2) is 4.25. The molecule has 2 rings (SSSR count). The van der Waals surface area contributed by atoms with Crippen molar-refractivity contribution in [1.29, 1.82) is 0 Å². The van der Waals surface area contributed by atoms with Crippen molar-refractivity contribution in [1.82, 2.24) is 0 Å². The van der Waals surface area contributed by atoms with Gasteiger partial charge in [-0.1, -0.05) is 0 Å². The van der Waals surface area contributed by atoms with Crippen LogP contribution in [-0.4, -0.2) is 12.6 Å². The maximum absolute atomic E-state index is 13.2. The highest BCUT2D eigenvalue weighted by molar-refractivity contribution is 9.10. The highest BCUT2D eigenvalue weighted by atomic mass is 79.9. The van der Waals surface area contributed by atoms with Gasteiger partial charge in [0.05, 0.1) is 11.1 Å². The van der Waals surface area contributed by atoms with Crippen LogP contribution < -0.4 is 0 Å². The van der Waals surface area contributed by atoms with E-state index in [-0.39, 0.29) is 11.1 Å². The fraction of sp³-hybridized carbons (Fsp3) is 0.182. The zero-order valence-corrected chi connectivity index (χ0v) is 10.0. The molecule has 3 nitrogen and oxygen atoms in total. The number of furan rings is 1. The third-order valence-corrected chi connectivity index (χ3v) is 2.87. The molecule has 0 unspecified atom stereocenters. The van der Waals surface area contributed by atoms with E-state index in [1.165, 1.54) is 18.4 Å². The van der Waals surface area contributed by atoms with E-state index in [1.54, 1.807) is 6.92 Å². The first-order chi connectivity index (χ1) is 7.65. The number of carbonyl (C=O) groups is 1. The number of hydrogen-bond acceptors (Lipinski definition) is 3. The molecule has 16 heavy (non-hydrogen) atoms. The van der Waals surface area contributed by atoms with Crippen LogP contribution in [0.3, 0.4) is 0 Å². The summed E-state index contributed by atoms with van der Waals surface area (Å²) >= 11 is 3.06. The van der Waals surface area contributed by atoms with Crippen LogP contribution >= 0.6 is 15.9 Å². The van der Waals surface area contributed by atoms with E-state index in [0.29, 0.717) is 16.5 Å². The summed E-state index contributed by atoms with van der Waals surface area (Å²) in [5, 5.41) is 0.534. The molecule has 1 aromatic heterocycles. The third-order valence-electron chi connectivity index (χ3n) is 2.13. The summed E-state index contributed by atoms with van der Waals surface area (Å²) in [4.78, 5) is 11.5. The molecule has 0 atom stereocenters. The Morgan fingerprint density at radius 3 is 3.00 bits per heavy atom. The van der Waals surface area contributed by atoms with Crippen molar-refractivity contribution in [3.8, 4) is 0 Å². The molecule has 0 spiro atoms. The van der Waals surface area contributed by atoms with Crippen molar-refractivity contribution >= 4 is 32.9 Å². The molecule has 0 amide bonds. The third kappa shape index (κ3) is 1.71. The largest absolute Gasteiger partial charge is 0.462 e. The van der Waals surface area contributed by atoms with Gasteiger partial charge in [0.1, 0.15) is 17.6 Å². The van der Waals surface area contributed by atoms with Gasteiger partial charge in [-0.3, -0.25) is 0 Å². The van der Waals surface area contributed by atoms with E-state index in [4.69, 9.17) is 9.15 Å². The first-order valence-electron chi connectivity index (χ1n) is 4.67. The van der Waals surface area contributed by atoms with E-state index in [0.717, 1.165) is 0 Å². The van der Waals surface area contributed by atoms with E-state index in [1.807, 2.05) is 0 Å². The van der Waals surface area contributed by atoms with Crippen LogP contribution in [0.5, 0.6) is 0 Å². The quantitative estimate of drug-likeness (QED) is 0.793. The monoisotopic (exact) mass is 286 g/mol. The molecular formula is C11H8BrFO3. The van der Waals surface area contributed by atoms with Crippen molar-refractivity contribution < 1.29 is 18.3 Å². The van der Waals surface area contributed by atoms with Gasteiger partial charge in [-0.25, -0.2) is 9.18 Å². The first kappa shape index (κ1) is 11.1. The number of ether oxygens (including phenoxy) is 1. The van der Waals surface area contributed by atoms with E-state index >= 15 is 0 Å². The van der Waals surface area contributed by atoms with Gasteiger partial charge in [-0.2, -0.15) is 0 Å². The average molecular weight is 287 g/mol. The zero-order chi connectivity index (χ0) is 11.7. The number of rotatable bonds is 2. The van der Waals surface area contributed by atoms with E-state index < -0.39 is 11.8 Å². The second-order valence-corrected chi connectivity index (χ2v) is 3.90. The predicted molar refractivity (Wildman–Crippen MR) is 59.8 cm³/mol. The molecule has 0 aliphatic carbocycles. The van der Waals surface area contributed by atoms with Gasteiger partial charge in [0, 0.05) is 5.39 Å². The van der Waals surface area contributed by atoms with Crippen LogP contribution in [0.25, 0.3) is 11.0 Å². The van der Waals surface area contributed by atoms with Gasteiger partial charge in [-0.15, -0.1) is 0 Å². The summed E-state index contributed by atoms with van der Waals surface area (Å²) in [6, 6.07) is 2.76. The Morgan fingerprint density at radius 1 is 1.56 bits per heavy atom. The van der Waals surface area contributed by atoms with Crippen molar-refractivity contribution in [2.75, 3.05) is 6.61 Å². The van der Waals surface area contributed by atoms with Gasteiger partial charge in [-0.05, 0) is 35.0 Å². The molecule has 1 heterocycles. The van der Waals surface area contributed by atoms with Crippen LogP contribution in [0.4, 0.5) is 4.39 Å². The SMILES string of the molecule is CCOC(=O)c1coc2c(Br)c(F)ccc12. The van der Waals surface area contributed by atoms with Crippen LogP contribution in [0.15, 0.2) is 27.3 Å². The van der Waals surface area contributed by atoms with Crippen molar-refractivity contribution in [3.05, 3.63) is 34.2 Å². The van der Waals surface area contributed by atoms with Crippen LogP contribution in [0.2, 0.25) is 0 Å². The molecule has 0 aliphatic rings. The maximum atomic E-state index is 13.2. The summed E-state index contributed by atoms with van der Waals surface area (Å²) in [6.07, 6.45) is 1.27. The molecule has 1 aromatic carbocycles. The Morgan fingerprint density at radius 2 is 2.31 bits per heavy atom. The summed E-state index contributed by atoms with van der Waals surface area (Å²) in [7, 11) is 0. The molecule has 84 valence electrons. The van der Waals surface area contributed by atoms with Crippen molar-refractivity contribution in [3.63, 3.8) is 0 Å². The number of fused-ring (bicyclic) bond motifs is 1. The molecule has 0 bridgehead atoms. The van der Waals surface area contributed by atoms with Gasteiger partial charge in [0.25, 0.3) is 0 Å². The minimum absolute atomic E-state index is 0.209. The summed E-state index contributed by atoms with van der Waals surface area (Å²) in [5.74, 6) is -0.906. The fourth-order valence-electron chi connectivity index (χ4n) is 1.41. The van der Waals surface area contributed by atoms with Crippen LogP contribution in [0, 0.1) is 5.82 Å². The number of benzene rings is 1.